The smallest absolute Gasteiger partial charge is 0.407 e. The number of carbonyl (C=O) groups excluding carboxylic acids is 3. The maximum atomic E-state index is 11.4. The first-order chi connectivity index (χ1) is 10.6. The zero-order valence-electron chi connectivity index (χ0n) is 12.6. The van der Waals surface area contributed by atoms with Crippen LogP contribution in [0.25, 0.3) is 0 Å². The molecule has 1 aromatic carbocycles. The van der Waals surface area contributed by atoms with Crippen molar-refractivity contribution in [3.63, 3.8) is 0 Å². The fourth-order valence-corrected chi connectivity index (χ4v) is 1.58. The van der Waals surface area contributed by atoms with Gasteiger partial charge in [-0.1, -0.05) is 30.3 Å². The number of nitrogens with one attached hydrogen (secondary N) is 3. The van der Waals surface area contributed by atoms with Crippen LogP contribution in [-0.4, -0.2) is 37.5 Å². The third-order valence-electron chi connectivity index (χ3n) is 2.66. The van der Waals surface area contributed by atoms with Crippen molar-refractivity contribution in [1.29, 1.82) is 0 Å². The minimum atomic E-state index is -0.531. The van der Waals surface area contributed by atoms with Gasteiger partial charge >= 0.3 is 6.09 Å². The number of amides is 3. The van der Waals surface area contributed by atoms with Gasteiger partial charge < -0.3 is 20.7 Å². The number of hydrogen-bond acceptors (Lipinski definition) is 4. The van der Waals surface area contributed by atoms with Gasteiger partial charge in [0.15, 0.2) is 0 Å². The number of hydrogen-bond donors (Lipinski definition) is 3. The summed E-state index contributed by atoms with van der Waals surface area (Å²) >= 11 is 0. The van der Waals surface area contributed by atoms with E-state index in [1.165, 1.54) is 6.92 Å². The van der Waals surface area contributed by atoms with E-state index in [0.29, 0.717) is 13.1 Å². The highest BCUT2D eigenvalue weighted by molar-refractivity contribution is 5.77. The Balaban J connectivity index is 2.03. The predicted molar refractivity (Wildman–Crippen MR) is 80.9 cm³/mol. The molecule has 0 atom stereocenters. The maximum Gasteiger partial charge on any atom is 0.407 e. The molecule has 0 aliphatic carbocycles. The van der Waals surface area contributed by atoms with Gasteiger partial charge in [-0.15, -0.1) is 0 Å². The van der Waals surface area contributed by atoms with Crippen molar-refractivity contribution in [2.45, 2.75) is 20.0 Å². The normalized spacial score (nSPS) is 9.68. The van der Waals surface area contributed by atoms with Crippen LogP contribution in [0.2, 0.25) is 0 Å². The molecule has 0 bridgehead atoms. The van der Waals surface area contributed by atoms with Gasteiger partial charge in [0.2, 0.25) is 11.8 Å². The van der Waals surface area contributed by atoms with Crippen LogP contribution >= 0.6 is 0 Å². The molecule has 7 nitrogen and oxygen atoms in total. The van der Waals surface area contributed by atoms with Crippen LogP contribution in [0.3, 0.4) is 0 Å². The van der Waals surface area contributed by atoms with E-state index in [1.807, 2.05) is 30.3 Å². The summed E-state index contributed by atoms with van der Waals surface area (Å²) in [4.78, 5) is 33.4. The standard InChI is InChI=1S/C15H21N3O4/c1-12(19)16-8-7-14(20)17-9-10-18-15(21)22-11-13-5-3-2-4-6-13/h2-6H,7-11H2,1H3,(H,16,19)(H,17,20)(H,18,21). The van der Waals surface area contributed by atoms with Crippen molar-refractivity contribution in [3.8, 4) is 0 Å². The summed E-state index contributed by atoms with van der Waals surface area (Å²) in [5.41, 5.74) is 0.906. The molecule has 22 heavy (non-hydrogen) atoms. The molecular weight excluding hydrogens is 286 g/mol. The fourth-order valence-electron chi connectivity index (χ4n) is 1.58. The van der Waals surface area contributed by atoms with Gasteiger partial charge in [-0.2, -0.15) is 0 Å². The first-order valence-electron chi connectivity index (χ1n) is 7.03. The van der Waals surface area contributed by atoms with Crippen LogP contribution < -0.4 is 16.0 Å². The lowest BCUT2D eigenvalue weighted by molar-refractivity contribution is -0.121. The Labute approximate surface area is 129 Å². The number of benzene rings is 1. The molecule has 0 radical (unpaired) electrons. The predicted octanol–water partition coefficient (Wildman–Crippen LogP) is 0.555. The van der Waals surface area contributed by atoms with Crippen LogP contribution in [0.15, 0.2) is 30.3 Å². The van der Waals surface area contributed by atoms with Crippen molar-refractivity contribution in [1.82, 2.24) is 16.0 Å². The molecule has 0 unspecified atom stereocenters. The summed E-state index contributed by atoms with van der Waals surface area (Å²) < 4.78 is 5.02. The third-order valence-corrected chi connectivity index (χ3v) is 2.66. The molecule has 3 N–H and O–H groups in total. The lowest BCUT2D eigenvalue weighted by atomic mass is 10.2. The quantitative estimate of drug-likeness (QED) is 0.611. The third kappa shape index (κ3) is 8.57. The molecular formula is C15H21N3O4. The fraction of sp³-hybridized carbons (Fsp3) is 0.400. The lowest BCUT2D eigenvalue weighted by Gasteiger charge is -2.08. The lowest BCUT2D eigenvalue weighted by Crippen LogP contribution is -2.36. The highest BCUT2D eigenvalue weighted by Crippen LogP contribution is 2.00. The second-order valence-electron chi connectivity index (χ2n) is 4.57. The number of alkyl carbamates (subject to hydrolysis) is 1. The van der Waals surface area contributed by atoms with Crippen molar-refractivity contribution in [2.24, 2.45) is 0 Å². The summed E-state index contributed by atoms with van der Waals surface area (Å²) in [5.74, 6) is -0.358. The molecule has 3 amide bonds. The molecule has 0 aliphatic heterocycles. The molecule has 0 saturated heterocycles. The monoisotopic (exact) mass is 307 g/mol. The van der Waals surface area contributed by atoms with E-state index in [-0.39, 0.29) is 31.4 Å². The number of ether oxygens (including phenoxy) is 1. The van der Waals surface area contributed by atoms with E-state index in [2.05, 4.69) is 16.0 Å². The minimum Gasteiger partial charge on any atom is -0.445 e. The largest absolute Gasteiger partial charge is 0.445 e. The van der Waals surface area contributed by atoms with Gasteiger partial charge in [-0.05, 0) is 5.56 Å². The highest BCUT2D eigenvalue weighted by Gasteiger charge is 2.03. The van der Waals surface area contributed by atoms with Gasteiger partial charge in [0, 0.05) is 33.0 Å². The van der Waals surface area contributed by atoms with Crippen molar-refractivity contribution in [3.05, 3.63) is 35.9 Å². The van der Waals surface area contributed by atoms with Crippen LogP contribution in [0.1, 0.15) is 18.9 Å². The maximum absolute atomic E-state index is 11.4. The molecule has 0 aliphatic rings. The van der Waals surface area contributed by atoms with Crippen LogP contribution in [0, 0.1) is 0 Å². The van der Waals surface area contributed by atoms with E-state index in [0.717, 1.165) is 5.56 Å². The van der Waals surface area contributed by atoms with E-state index < -0.39 is 6.09 Å². The Morgan fingerprint density at radius 1 is 0.955 bits per heavy atom. The zero-order chi connectivity index (χ0) is 16.2. The van der Waals surface area contributed by atoms with Gasteiger partial charge in [-0.25, -0.2) is 4.79 Å². The van der Waals surface area contributed by atoms with Crippen molar-refractivity contribution < 1.29 is 19.1 Å². The van der Waals surface area contributed by atoms with E-state index in [1.54, 1.807) is 0 Å². The van der Waals surface area contributed by atoms with Crippen LogP contribution in [0.5, 0.6) is 0 Å². The Bertz CT molecular complexity index is 491. The second-order valence-corrected chi connectivity index (χ2v) is 4.57. The van der Waals surface area contributed by atoms with E-state index in [4.69, 9.17) is 4.74 Å². The number of rotatable bonds is 8. The van der Waals surface area contributed by atoms with Crippen LogP contribution in [-0.2, 0) is 20.9 Å². The minimum absolute atomic E-state index is 0.171. The average Bonchev–Trinajstić information content (AvgIpc) is 2.50. The highest BCUT2D eigenvalue weighted by atomic mass is 16.5. The van der Waals surface area contributed by atoms with E-state index in [9.17, 15) is 14.4 Å². The molecule has 0 spiro atoms. The average molecular weight is 307 g/mol. The summed E-state index contributed by atoms with van der Waals surface area (Å²) in [6, 6.07) is 9.35. The molecule has 0 aromatic heterocycles. The van der Waals surface area contributed by atoms with Crippen LogP contribution in [0.4, 0.5) is 4.79 Å². The Morgan fingerprint density at radius 2 is 1.64 bits per heavy atom. The van der Waals surface area contributed by atoms with Crippen molar-refractivity contribution in [2.75, 3.05) is 19.6 Å². The summed E-state index contributed by atoms with van der Waals surface area (Å²) in [7, 11) is 0. The van der Waals surface area contributed by atoms with Gasteiger partial charge in [0.05, 0.1) is 0 Å². The SMILES string of the molecule is CC(=O)NCCC(=O)NCCNC(=O)OCc1ccccc1. The summed E-state index contributed by atoms with van der Waals surface area (Å²) in [6.07, 6.45) is -0.325. The first-order valence-corrected chi connectivity index (χ1v) is 7.03. The molecule has 120 valence electrons. The summed E-state index contributed by atoms with van der Waals surface area (Å²) in [5, 5.41) is 7.69. The van der Waals surface area contributed by atoms with Gasteiger partial charge in [0.25, 0.3) is 0 Å². The molecule has 7 heteroatoms. The second kappa shape index (κ2) is 10.2. The summed E-state index contributed by atoms with van der Waals surface area (Å²) in [6.45, 7) is 2.48. The molecule has 0 fully saturated rings. The number of carbonyl (C=O) groups is 3. The van der Waals surface area contributed by atoms with Crippen molar-refractivity contribution >= 4 is 17.9 Å². The molecule has 1 aromatic rings. The van der Waals surface area contributed by atoms with Gasteiger partial charge in [0.1, 0.15) is 6.61 Å². The molecule has 0 saturated carbocycles. The Kier molecular flexibility index (Phi) is 8.10. The molecule has 1 rings (SSSR count). The molecule has 0 heterocycles. The van der Waals surface area contributed by atoms with E-state index >= 15 is 0 Å². The topological polar surface area (TPSA) is 96.5 Å². The Hall–Kier alpha value is -2.57. The van der Waals surface area contributed by atoms with Gasteiger partial charge in [-0.3, -0.25) is 9.59 Å². The zero-order valence-corrected chi connectivity index (χ0v) is 12.6. The Morgan fingerprint density at radius 3 is 2.32 bits per heavy atom. The first kappa shape index (κ1) is 17.5.